The molecule has 106 valence electrons. The molecule has 0 saturated carbocycles. The average molecular weight is 274 g/mol. The van der Waals surface area contributed by atoms with Gasteiger partial charge in [-0.15, -0.1) is 0 Å². The van der Waals surface area contributed by atoms with Gasteiger partial charge in [-0.2, -0.15) is 13.2 Å². The van der Waals surface area contributed by atoms with Gasteiger partial charge in [-0.25, -0.2) is 4.79 Å². The highest BCUT2D eigenvalue weighted by molar-refractivity contribution is 5.75. The molecule has 0 bridgehead atoms. The number of ether oxygens (including phenoxy) is 1. The number of hydrogen-bond donors (Lipinski definition) is 0. The summed E-state index contributed by atoms with van der Waals surface area (Å²) in [5, 5.41) is 0. The molecule has 0 aromatic heterocycles. The van der Waals surface area contributed by atoms with Crippen molar-refractivity contribution in [3.8, 4) is 0 Å². The third kappa shape index (κ3) is 5.32. The fraction of sp³-hybridized carbons (Fsp3) is 0.500. The summed E-state index contributed by atoms with van der Waals surface area (Å²) in [5.41, 5.74) is 0.307. The molecular formula is C14H17F3O2. The Labute approximate surface area is 110 Å². The van der Waals surface area contributed by atoms with Gasteiger partial charge in [0.05, 0.1) is 0 Å². The number of benzene rings is 1. The molecule has 0 saturated heterocycles. The standard InChI is InChI=1S/C14H17F3O2/c1-13(2,3)9-11(10-7-5-4-6-8-10)19-12(18)14(15,16)17/h4-8,11H,9H2,1-3H3. The topological polar surface area (TPSA) is 26.3 Å². The van der Waals surface area contributed by atoms with E-state index >= 15 is 0 Å². The molecule has 0 aliphatic rings. The number of rotatable bonds is 3. The van der Waals surface area contributed by atoms with Crippen LogP contribution in [0.25, 0.3) is 0 Å². The lowest BCUT2D eigenvalue weighted by Gasteiger charge is -2.26. The first kappa shape index (κ1) is 15.5. The van der Waals surface area contributed by atoms with Crippen LogP contribution in [0, 0.1) is 5.41 Å². The Bertz CT molecular complexity index is 419. The minimum Gasteiger partial charge on any atom is -0.451 e. The van der Waals surface area contributed by atoms with E-state index in [4.69, 9.17) is 0 Å². The van der Waals surface area contributed by atoms with E-state index < -0.39 is 18.2 Å². The van der Waals surface area contributed by atoms with E-state index in [2.05, 4.69) is 4.74 Å². The van der Waals surface area contributed by atoms with Crippen LogP contribution in [0.2, 0.25) is 0 Å². The number of carbonyl (C=O) groups excluding carboxylic acids is 1. The fourth-order valence-electron chi connectivity index (χ4n) is 1.65. The molecule has 0 heterocycles. The van der Waals surface area contributed by atoms with Gasteiger partial charge in [0.1, 0.15) is 6.10 Å². The summed E-state index contributed by atoms with van der Waals surface area (Å²) in [6.45, 7) is 5.64. The highest BCUT2D eigenvalue weighted by Gasteiger charge is 2.42. The lowest BCUT2D eigenvalue weighted by atomic mass is 9.87. The second-order valence-electron chi connectivity index (χ2n) is 5.57. The van der Waals surface area contributed by atoms with E-state index in [1.165, 1.54) is 0 Å². The monoisotopic (exact) mass is 274 g/mol. The fourth-order valence-corrected chi connectivity index (χ4v) is 1.65. The van der Waals surface area contributed by atoms with Crippen molar-refractivity contribution in [2.45, 2.75) is 39.5 Å². The van der Waals surface area contributed by atoms with E-state index in [1.54, 1.807) is 30.3 Å². The zero-order chi connectivity index (χ0) is 14.7. The number of halogens is 3. The smallest absolute Gasteiger partial charge is 0.451 e. The van der Waals surface area contributed by atoms with Gasteiger partial charge in [0.25, 0.3) is 0 Å². The number of carbonyl (C=O) groups is 1. The van der Waals surface area contributed by atoms with Gasteiger partial charge in [-0.05, 0) is 17.4 Å². The highest BCUT2D eigenvalue weighted by Crippen LogP contribution is 2.33. The molecule has 2 nitrogen and oxygen atoms in total. The zero-order valence-corrected chi connectivity index (χ0v) is 11.1. The minimum absolute atomic E-state index is 0.258. The van der Waals surface area contributed by atoms with Gasteiger partial charge in [-0.1, -0.05) is 51.1 Å². The molecular weight excluding hydrogens is 257 g/mol. The molecule has 19 heavy (non-hydrogen) atoms. The zero-order valence-electron chi connectivity index (χ0n) is 11.1. The predicted octanol–water partition coefficient (Wildman–Crippen LogP) is 4.27. The summed E-state index contributed by atoms with van der Waals surface area (Å²) in [6, 6.07) is 8.46. The molecule has 5 heteroatoms. The van der Waals surface area contributed by atoms with Crippen LogP contribution in [0.5, 0.6) is 0 Å². The first-order valence-electron chi connectivity index (χ1n) is 5.92. The number of hydrogen-bond acceptors (Lipinski definition) is 2. The van der Waals surface area contributed by atoms with Crippen LogP contribution in [0.15, 0.2) is 30.3 Å². The van der Waals surface area contributed by atoms with Crippen LogP contribution in [-0.4, -0.2) is 12.1 Å². The Morgan fingerprint density at radius 1 is 1.16 bits per heavy atom. The van der Waals surface area contributed by atoms with Crippen molar-refractivity contribution < 1.29 is 22.7 Å². The van der Waals surface area contributed by atoms with Gasteiger partial charge in [-0.3, -0.25) is 0 Å². The van der Waals surface area contributed by atoms with E-state index in [0.29, 0.717) is 12.0 Å². The molecule has 1 aromatic rings. The second-order valence-corrected chi connectivity index (χ2v) is 5.57. The Morgan fingerprint density at radius 3 is 2.11 bits per heavy atom. The summed E-state index contributed by atoms with van der Waals surface area (Å²) >= 11 is 0. The van der Waals surface area contributed by atoms with Crippen molar-refractivity contribution in [3.05, 3.63) is 35.9 Å². The minimum atomic E-state index is -4.97. The van der Waals surface area contributed by atoms with Crippen molar-refractivity contribution in [1.29, 1.82) is 0 Å². The number of esters is 1. The lowest BCUT2D eigenvalue weighted by Crippen LogP contribution is -2.28. The molecule has 1 unspecified atom stereocenters. The molecule has 1 rings (SSSR count). The van der Waals surface area contributed by atoms with Crippen LogP contribution >= 0.6 is 0 Å². The van der Waals surface area contributed by atoms with Gasteiger partial charge >= 0.3 is 12.1 Å². The summed E-state index contributed by atoms with van der Waals surface area (Å²) in [4.78, 5) is 11.0. The van der Waals surface area contributed by atoms with Crippen molar-refractivity contribution in [2.24, 2.45) is 5.41 Å². The Morgan fingerprint density at radius 2 is 1.68 bits per heavy atom. The molecule has 1 aromatic carbocycles. The SMILES string of the molecule is CC(C)(C)CC(OC(=O)C(F)(F)F)c1ccccc1. The first-order chi connectivity index (χ1) is 8.59. The molecule has 0 aliphatic carbocycles. The molecule has 1 atom stereocenters. The van der Waals surface area contributed by atoms with E-state index in [0.717, 1.165) is 0 Å². The van der Waals surface area contributed by atoms with Crippen molar-refractivity contribution in [2.75, 3.05) is 0 Å². The van der Waals surface area contributed by atoms with Crippen LogP contribution in [-0.2, 0) is 9.53 Å². The Kier molecular flexibility index (Phi) is 4.61. The van der Waals surface area contributed by atoms with E-state index in [9.17, 15) is 18.0 Å². The lowest BCUT2D eigenvalue weighted by molar-refractivity contribution is -0.206. The van der Waals surface area contributed by atoms with Crippen LogP contribution < -0.4 is 0 Å². The van der Waals surface area contributed by atoms with Crippen molar-refractivity contribution in [3.63, 3.8) is 0 Å². The maximum atomic E-state index is 12.3. The van der Waals surface area contributed by atoms with Gasteiger partial charge in [0.2, 0.25) is 0 Å². The molecule has 0 N–H and O–H groups in total. The third-order valence-electron chi connectivity index (χ3n) is 2.45. The van der Waals surface area contributed by atoms with Crippen molar-refractivity contribution in [1.82, 2.24) is 0 Å². The molecule has 0 radical (unpaired) electrons. The van der Waals surface area contributed by atoms with Gasteiger partial charge in [0.15, 0.2) is 0 Å². The van der Waals surface area contributed by atoms with Crippen LogP contribution in [0.1, 0.15) is 38.9 Å². The molecule has 0 fully saturated rings. The summed E-state index contributed by atoms with van der Waals surface area (Å²) in [7, 11) is 0. The summed E-state index contributed by atoms with van der Waals surface area (Å²) in [6.07, 6.45) is -5.54. The molecule has 0 aliphatic heterocycles. The molecule has 0 spiro atoms. The van der Waals surface area contributed by atoms with Crippen LogP contribution in [0.4, 0.5) is 13.2 Å². The van der Waals surface area contributed by atoms with Crippen molar-refractivity contribution >= 4 is 5.97 Å². The quantitative estimate of drug-likeness (QED) is 0.769. The third-order valence-corrected chi connectivity index (χ3v) is 2.45. The first-order valence-corrected chi connectivity index (χ1v) is 5.92. The highest BCUT2D eigenvalue weighted by atomic mass is 19.4. The number of alkyl halides is 3. The Hall–Kier alpha value is -1.52. The summed E-state index contributed by atoms with van der Waals surface area (Å²) < 4.78 is 41.5. The second kappa shape index (κ2) is 5.63. The largest absolute Gasteiger partial charge is 0.490 e. The maximum absolute atomic E-state index is 12.3. The normalized spacial score (nSPS) is 14.0. The van der Waals surface area contributed by atoms with Gasteiger partial charge < -0.3 is 4.74 Å². The van der Waals surface area contributed by atoms with Gasteiger partial charge in [0, 0.05) is 0 Å². The predicted molar refractivity (Wildman–Crippen MR) is 65.4 cm³/mol. The average Bonchev–Trinajstić information content (AvgIpc) is 2.26. The maximum Gasteiger partial charge on any atom is 0.490 e. The molecule has 0 amide bonds. The van der Waals surface area contributed by atoms with E-state index in [-0.39, 0.29) is 5.41 Å². The summed E-state index contributed by atoms with van der Waals surface area (Å²) in [5.74, 6) is -2.15. The van der Waals surface area contributed by atoms with Crippen LogP contribution in [0.3, 0.4) is 0 Å². The Balaban J connectivity index is 2.91. The van der Waals surface area contributed by atoms with E-state index in [1.807, 2.05) is 20.8 Å².